The van der Waals surface area contributed by atoms with Gasteiger partial charge in [-0.05, 0) is 47.9 Å². The van der Waals surface area contributed by atoms with Crippen LogP contribution in [0.25, 0.3) is 5.57 Å². The van der Waals surface area contributed by atoms with Gasteiger partial charge in [-0.25, -0.2) is 4.79 Å². The lowest BCUT2D eigenvalue weighted by molar-refractivity contribution is -0.137. The van der Waals surface area contributed by atoms with E-state index in [0.29, 0.717) is 6.61 Å². The van der Waals surface area contributed by atoms with Crippen molar-refractivity contribution in [2.45, 2.75) is 6.92 Å². The molecule has 2 aromatic carbocycles. The molecule has 0 unspecified atom stereocenters. The van der Waals surface area contributed by atoms with E-state index >= 15 is 0 Å². The van der Waals surface area contributed by atoms with Crippen molar-refractivity contribution in [3.05, 3.63) is 77.9 Å². The van der Waals surface area contributed by atoms with Crippen LogP contribution in [0, 0.1) is 0 Å². The molecule has 0 aliphatic heterocycles. The maximum atomic E-state index is 11.5. The predicted molar refractivity (Wildman–Crippen MR) is 98.8 cm³/mol. The smallest absolute Gasteiger partial charge is 0.330 e. The molecule has 0 atom stereocenters. The monoisotopic (exact) mass is 338 g/mol. The highest BCUT2D eigenvalue weighted by Crippen LogP contribution is 2.27. The maximum Gasteiger partial charge on any atom is 0.330 e. The summed E-state index contributed by atoms with van der Waals surface area (Å²) in [6.07, 6.45) is 5.00. The summed E-state index contributed by atoms with van der Waals surface area (Å²) in [5.74, 6) is 1.22. The first-order valence-corrected chi connectivity index (χ1v) is 8.02. The number of carbonyl (C=O) groups is 1. The molecular formula is C21H22O4. The van der Waals surface area contributed by atoms with Crippen LogP contribution in [0.2, 0.25) is 0 Å². The third kappa shape index (κ3) is 5.24. The van der Waals surface area contributed by atoms with E-state index in [0.717, 1.165) is 28.2 Å². The lowest BCUT2D eigenvalue weighted by Crippen LogP contribution is -1.98. The molecule has 0 radical (unpaired) electrons. The molecule has 25 heavy (non-hydrogen) atoms. The molecule has 0 amide bonds. The predicted octanol–water partition coefficient (Wildman–Crippen LogP) is 4.25. The summed E-state index contributed by atoms with van der Waals surface area (Å²) >= 11 is 0. The minimum absolute atomic E-state index is 0.358. The van der Waals surface area contributed by atoms with Gasteiger partial charge >= 0.3 is 5.97 Å². The summed E-state index contributed by atoms with van der Waals surface area (Å²) in [6.45, 7) is 2.14. The number of hydrogen-bond acceptors (Lipinski definition) is 4. The van der Waals surface area contributed by atoms with Crippen LogP contribution in [0.15, 0.2) is 66.8 Å². The van der Waals surface area contributed by atoms with Crippen LogP contribution in [0.5, 0.6) is 11.5 Å². The first kappa shape index (κ1) is 18.3. The van der Waals surface area contributed by atoms with E-state index in [4.69, 9.17) is 14.2 Å². The molecule has 130 valence electrons. The third-order valence-electron chi connectivity index (χ3n) is 3.58. The largest absolute Gasteiger partial charge is 0.497 e. The summed E-state index contributed by atoms with van der Waals surface area (Å²) in [6, 6.07) is 15.5. The molecule has 0 heterocycles. The van der Waals surface area contributed by atoms with Crippen molar-refractivity contribution in [2.24, 2.45) is 0 Å². The lowest BCUT2D eigenvalue weighted by atomic mass is 9.97. The van der Waals surface area contributed by atoms with Crippen molar-refractivity contribution < 1.29 is 19.0 Å². The Morgan fingerprint density at radius 1 is 0.880 bits per heavy atom. The van der Waals surface area contributed by atoms with E-state index in [9.17, 15) is 4.79 Å². The molecule has 0 aromatic heterocycles. The standard InChI is InChI=1S/C21H22O4/c1-4-25-21(22)7-5-6-20(16-8-12-18(23-2)13-9-16)17-10-14-19(24-3)15-11-17/h5-15H,4H2,1-3H3. The van der Waals surface area contributed by atoms with E-state index in [1.54, 1.807) is 27.2 Å². The van der Waals surface area contributed by atoms with Gasteiger partial charge in [0.25, 0.3) is 0 Å². The van der Waals surface area contributed by atoms with Gasteiger partial charge in [0.2, 0.25) is 0 Å². The van der Waals surface area contributed by atoms with Gasteiger partial charge in [0.05, 0.1) is 20.8 Å². The van der Waals surface area contributed by atoms with E-state index in [2.05, 4.69) is 0 Å². The number of allylic oxidation sites excluding steroid dienone is 2. The number of carbonyl (C=O) groups excluding carboxylic acids is 1. The van der Waals surface area contributed by atoms with Crippen molar-refractivity contribution in [3.63, 3.8) is 0 Å². The van der Waals surface area contributed by atoms with Gasteiger partial charge in [0.15, 0.2) is 0 Å². The minimum atomic E-state index is -0.359. The lowest BCUT2D eigenvalue weighted by Gasteiger charge is -2.10. The summed E-state index contributed by atoms with van der Waals surface area (Å²) in [5.41, 5.74) is 3.00. The van der Waals surface area contributed by atoms with Crippen molar-refractivity contribution in [1.82, 2.24) is 0 Å². The zero-order valence-corrected chi connectivity index (χ0v) is 14.7. The molecule has 0 spiro atoms. The third-order valence-corrected chi connectivity index (χ3v) is 3.58. The fraction of sp³-hybridized carbons (Fsp3) is 0.190. The highest BCUT2D eigenvalue weighted by Gasteiger charge is 2.05. The Kier molecular flexibility index (Phi) is 6.84. The van der Waals surface area contributed by atoms with Crippen LogP contribution in [0.3, 0.4) is 0 Å². The molecule has 2 rings (SSSR count). The number of ether oxygens (including phenoxy) is 3. The topological polar surface area (TPSA) is 44.8 Å². The van der Waals surface area contributed by atoms with Crippen molar-refractivity contribution >= 4 is 11.5 Å². The number of rotatable bonds is 7. The second kappa shape index (κ2) is 9.33. The fourth-order valence-corrected chi connectivity index (χ4v) is 2.31. The molecule has 2 aromatic rings. The first-order chi connectivity index (χ1) is 12.2. The number of hydrogen-bond donors (Lipinski definition) is 0. The molecule has 0 aliphatic carbocycles. The van der Waals surface area contributed by atoms with Gasteiger partial charge in [0, 0.05) is 6.08 Å². The fourth-order valence-electron chi connectivity index (χ4n) is 2.31. The molecular weight excluding hydrogens is 316 g/mol. The molecule has 0 fully saturated rings. The molecule has 4 nitrogen and oxygen atoms in total. The summed E-state index contributed by atoms with van der Waals surface area (Å²) in [7, 11) is 3.27. The van der Waals surface area contributed by atoms with Crippen LogP contribution < -0.4 is 9.47 Å². The Hall–Kier alpha value is -3.01. The highest BCUT2D eigenvalue weighted by molar-refractivity contribution is 5.85. The van der Waals surface area contributed by atoms with Gasteiger partial charge in [-0.15, -0.1) is 0 Å². The van der Waals surface area contributed by atoms with Crippen molar-refractivity contribution in [2.75, 3.05) is 20.8 Å². The Morgan fingerprint density at radius 2 is 1.36 bits per heavy atom. The number of methoxy groups -OCH3 is 2. The van der Waals surface area contributed by atoms with Crippen LogP contribution in [0.1, 0.15) is 18.1 Å². The molecule has 0 bridgehead atoms. The van der Waals surface area contributed by atoms with E-state index < -0.39 is 0 Å². The Morgan fingerprint density at radius 3 is 1.76 bits per heavy atom. The second-order valence-electron chi connectivity index (χ2n) is 5.15. The van der Waals surface area contributed by atoms with Crippen molar-refractivity contribution in [1.29, 1.82) is 0 Å². The van der Waals surface area contributed by atoms with E-state index in [-0.39, 0.29) is 5.97 Å². The van der Waals surface area contributed by atoms with Crippen LogP contribution in [0.4, 0.5) is 0 Å². The quantitative estimate of drug-likeness (QED) is 0.430. The van der Waals surface area contributed by atoms with Gasteiger partial charge in [-0.3, -0.25) is 0 Å². The molecule has 0 saturated heterocycles. The Bertz CT molecular complexity index is 691. The van der Waals surface area contributed by atoms with Crippen LogP contribution in [-0.4, -0.2) is 26.8 Å². The normalized spacial score (nSPS) is 10.4. The van der Waals surface area contributed by atoms with Crippen molar-refractivity contribution in [3.8, 4) is 11.5 Å². The average Bonchev–Trinajstić information content (AvgIpc) is 2.66. The van der Waals surface area contributed by atoms with Gasteiger partial charge < -0.3 is 14.2 Å². The zero-order chi connectivity index (χ0) is 18.1. The Balaban J connectivity index is 2.36. The molecule has 0 saturated carbocycles. The van der Waals surface area contributed by atoms with E-state index in [1.165, 1.54) is 6.08 Å². The maximum absolute atomic E-state index is 11.5. The SMILES string of the molecule is CCOC(=O)C=CC=C(c1ccc(OC)cc1)c1ccc(OC)cc1. The summed E-state index contributed by atoms with van der Waals surface area (Å²) < 4.78 is 15.3. The average molecular weight is 338 g/mol. The minimum Gasteiger partial charge on any atom is -0.497 e. The number of benzene rings is 2. The van der Waals surface area contributed by atoms with Crippen LogP contribution >= 0.6 is 0 Å². The zero-order valence-electron chi connectivity index (χ0n) is 14.7. The number of esters is 1. The first-order valence-electron chi connectivity index (χ1n) is 8.02. The van der Waals surface area contributed by atoms with Gasteiger partial charge in [-0.2, -0.15) is 0 Å². The second-order valence-corrected chi connectivity index (χ2v) is 5.15. The highest BCUT2D eigenvalue weighted by atomic mass is 16.5. The molecule has 0 N–H and O–H groups in total. The van der Waals surface area contributed by atoms with Gasteiger partial charge in [0.1, 0.15) is 11.5 Å². The molecule has 4 heteroatoms. The summed E-state index contributed by atoms with van der Waals surface area (Å²) in [4.78, 5) is 11.5. The molecule has 0 aliphatic rings. The van der Waals surface area contributed by atoms with Gasteiger partial charge in [-0.1, -0.05) is 36.4 Å². The Labute approximate surface area is 148 Å². The van der Waals surface area contributed by atoms with Crippen LogP contribution in [-0.2, 0) is 9.53 Å². The van der Waals surface area contributed by atoms with E-state index in [1.807, 2.05) is 54.6 Å². The summed E-state index contributed by atoms with van der Waals surface area (Å²) in [5, 5.41) is 0.